The summed E-state index contributed by atoms with van der Waals surface area (Å²) < 4.78 is 2.45. The number of anilines is 3. The summed E-state index contributed by atoms with van der Waals surface area (Å²) in [5, 5.41) is 4.90. The van der Waals surface area contributed by atoms with E-state index in [0.717, 1.165) is 28.3 Å². The van der Waals surface area contributed by atoms with E-state index in [2.05, 4.69) is 252 Å². The third-order valence-corrected chi connectivity index (χ3v) is 11.8. The minimum absolute atomic E-state index is 1.08. The van der Waals surface area contributed by atoms with Gasteiger partial charge in [0, 0.05) is 33.4 Å². The molecule has 1 heterocycles. The first-order valence-electron chi connectivity index (χ1n) is 20.6. The highest BCUT2D eigenvalue weighted by atomic mass is 15.1. The van der Waals surface area contributed by atoms with Crippen molar-refractivity contribution in [3.63, 3.8) is 0 Å². The molecule has 0 N–H and O–H groups in total. The molecule has 0 amide bonds. The summed E-state index contributed by atoms with van der Waals surface area (Å²) in [5.74, 6) is 0. The number of para-hydroxylation sites is 2. The fourth-order valence-electron chi connectivity index (χ4n) is 8.90. The standard InChI is InChI=1S/C58H40N2/c1-4-16-41(17-5-1)43-30-32-48(33-31-43)59(56-26-14-12-24-52(56)45-21-8-3-9-22-45)50-35-37-54-53-25-13-15-27-57(53)60(58(54)40-50)49-34-36-51(44-19-6-2-7-20-44)55(39-49)47-29-28-42-18-10-11-23-46(42)38-47/h1-40H. The van der Waals surface area contributed by atoms with Gasteiger partial charge in [0.25, 0.3) is 0 Å². The molecule has 0 unspecified atom stereocenters. The number of rotatable bonds is 8. The fraction of sp³-hybridized carbons (Fsp3) is 0. The minimum atomic E-state index is 1.08. The van der Waals surface area contributed by atoms with Crippen LogP contribution in [-0.2, 0) is 0 Å². The summed E-state index contributed by atoms with van der Waals surface area (Å²) in [4.78, 5) is 2.41. The van der Waals surface area contributed by atoms with Crippen LogP contribution in [0.1, 0.15) is 0 Å². The van der Waals surface area contributed by atoms with E-state index in [1.165, 1.54) is 71.6 Å². The predicted molar refractivity (Wildman–Crippen MR) is 255 cm³/mol. The summed E-state index contributed by atoms with van der Waals surface area (Å²) in [5.41, 5.74) is 16.2. The Morgan fingerprint density at radius 2 is 0.850 bits per heavy atom. The summed E-state index contributed by atoms with van der Waals surface area (Å²) in [7, 11) is 0. The molecule has 0 aliphatic rings. The van der Waals surface area contributed by atoms with Crippen LogP contribution in [0.15, 0.2) is 243 Å². The van der Waals surface area contributed by atoms with Crippen LogP contribution in [0.5, 0.6) is 0 Å². The molecule has 2 nitrogen and oxygen atoms in total. The smallest absolute Gasteiger partial charge is 0.0561 e. The van der Waals surface area contributed by atoms with Crippen LogP contribution in [0.4, 0.5) is 17.1 Å². The Morgan fingerprint density at radius 3 is 1.62 bits per heavy atom. The summed E-state index contributed by atoms with van der Waals surface area (Å²) in [6, 6.07) is 88.0. The molecule has 0 aliphatic carbocycles. The third kappa shape index (κ3) is 6.32. The van der Waals surface area contributed by atoms with Crippen LogP contribution in [-0.4, -0.2) is 4.57 Å². The molecular weight excluding hydrogens is 725 g/mol. The largest absolute Gasteiger partial charge is 0.310 e. The van der Waals surface area contributed by atoms with Gasteiger partial charge < -0.3 is 9.47 Å². The van der Waals surface area contributed by atoms with Crippen LogP contribution >= 0.6 is 0 Å². The van der Waals surface area contributed by atoms with E-state index in [4.69, 9.17) is 0 Å². The van der Waals surface area contributed by atoms with Crippen molar-refractivity contribution in [2.24, 2.45) is 0 Å². The highest BCUT2D eigenvalue weighted by Gasteiger charge is 2.21. The molecule has 0 saturated carbocycles. The van der Waals surface area contributed by atoms with Crippen molar-refractivity contribution in [2.75, 3.05) is 4.90 Å². The summed E-state index contributed by atoms with van der Waals surface area (Å²) >= 11 is 0. The van der Waals surface area contributed by atoms with E-state index >= 15 is 0 Å². The Morgan fingerprint density at radius 1 is 0.283 bits per heavy atom. The maximum absolute atomic E-state index is 2.45. The molecule has 60 heavy (non-hydrogen) atoms. The van der Waals surface area contributed by atoms with Crippen molar-refractivity contribution in [3.05, 3.63) is 243 Å². The number of aromatic nitrogens is 1. The molecule has 0 fully saturated rings. The van der Waals surface area contributed by atoms with Crippen molar-refractivity contribution < 1.29 is 0 Å². The zero-order chi connectivity index (χ0) is 39.8. The lowest BCUT2D eigenvalue weighted by molar-refractivity contribution is 1.18. The molecule has 10 aromatic carbocycles. The van der Waals surface area contributed by atoms with Gasteiger partial charge in [-0.1, -0.05) is 188 Å². The van der Waals surface area contributed by atoms with E-state index < -0.39 is 0 Å². The zero-order valence-electron chi connectivity index (χ0n) is 33.0. The van der Waals surface area contributed by atoms with Crippen molar-refractivity contribution >= 4 is 49.6 Å². The van der Waals surface area contributed by atoms with Gasteiger partial charge in [0.2, 0.25) is 0 Å². The number of nitrogens with zero attached hydrogens (tertiary/aromatic N) is 2. The second-order valence-electron chi connectivity index (χ2n) is 15.3. The van der Waals surface area contributed by atoms with Gasteiger partial charge in [-0.25, -0.2) is 0 Å². The monoisotopic (exact) mass is 764 g/mol. The Hall–Kier alpha value is -7.94. The third-order valence-electron chi connectivity index (χ3n) is 11.8. The average Bonchev–Trinajstić information content (AvgIpc) is 3.66. The lowest BCUT2D eigenvalue weighted by atomic mass is 9.92. The van der Waals surface area contributed by atoms with Crippen LogP contribution in [0, 0.1) is 0 Å². The maximum Gasteiger partial charge on any atom is 0.0561 e. The zero-order valence-corrected chi connectivity index (χ0v) is 33.0. The first-order chi connectivity index (χ1) is 29.8. The second-order valence-corrected chi connectivity index (χ2v) is 15.3. The topological polar surface area (TPSA) is 8.17 Å². The molecule has 0 radical (unpaired) electrons. The van der Waals surface area contributed by atoms with Gasteiger partial charge >= 0.3 is 0 Å². The number of fused-ring (bicyclic) bond motifs is 4. The molecule has 11 rings (SSSR count). The Balaban J connectivity index is 1.14. The van der Waals surface area contributed by atoms with Crippen molar-refractivity contribution in [2.45, 2.75) is 0 Å². The highest BCUT2D eigenvalue weighted by Crippen LogP contribution is 2.44. The van der Waals surface area contributed by atoms with Crippen molar-refractivity contribution in [1.82, 2.24) is 4.57 Å². The molecule has 2 heteroatoms. The first kappa shape index (κ1) is 35.2. The average molecular weight is 765 g/mol. The number of hydrogen-bond acceptors (Lipinski definition) is 1. The fourth-order valence-corrected chi connectivity index (χ4v) is 8.90. The van der Waals surface area contributed by atoms with Crippen LogP contribution in [0.3, 0.4) is 0 Å². The van der Waals surface area contributed by atoms with Crippen molar-refractivity contribution in [1.29, 1.82) is 0 Å². The van der Waals surface area contributed by atoms with Gasteiger partial charge in [0.1, 0.15) is 0 Å². The van der Waals surface area contributed by atoms with Gasteiger partial charge in [0.15, 0.2) is 0 Å². The number of benzene rings is 10. The van der Waals surface area contributed by atoms with E-state index in [0.29, 0.717) is 0 Å². The van der Waals surface area contributed by atoms with E-state index in [1.807, 2.05) is 0 Å². The Labute approximate surface area is 350 Å². The van der Waals surface area contributed by atoms with Gasteiger partial charge in [-0.15, -0.1) is 0 Å². The van der Waals surface area contributed by atoms with Gasteiger partial charge in [-0.3, -0.25) is 0 Å². The lowest BCUT2D eigenvalue weighted by Gasteiger charge is -2.28. The molecule has 0 bridgehead atoms. The van der Waals surface area contributed by atoms with Crippen molar-refractivity contribution in [3.8, 4) is 50.2 Å². The van der Waals surface area contributed by atoms with Gasteiger partial charge in [0.05, 0.1) is 16.7 Å². The minimum Gasteiger partial charge on any atom is -0.310 e. The molecule has 0 aliphatic heterocycles. The van der Waals surface area contributed by atoms with E-state index in [1.54, 1.807) is 0 Å². The van der Waals surface area contributed by atoms with Gasteiger partial charge in [-0.05, 0) is 104 Å². The quantitative estimate of drug-likeness (QED) is 0.150. The highest BCUT2D eigenvalue weighted by molar-refractivity contribution is 6.11. The molecule has 0 saturated heterocycles. The predicted octanol–water partition coefficient (Wildman–Crippen LogP) is 16.1. The Kier molecular flexibility index (Phi) is 8.87. The molecule has 1 aromatic heterocycles. The van der Waals surface area contributed by atoms with Crippen LogP contribution in [0.2, 0.25) is 0 Å². The normalized spacial score (nSPS) is 11.3. The molecular formula is C58H40N2. The lowest BCUT2D eigenvalue weighted by Crippen LogP contribution is -2.11. The maximum atomic E-state index is 2.45. The Bertz CT molecular complexity index is 3290. The summed E-state index contributed by atoms with van der Waals surface area (Å²) in [6.07, 6.45) is 0. The van der Waals surface area contributed by atoms with Crippen LogP contribution in [0.25, 0.3) is 82.8 Å². The molecule has 0 spiro atoms. The SMILES string of the molecule is c1ccc(-c2ccc(N(c3ccc4c5ccccc5n(-c5ccc(-c6ccccc6)c(-c6ccc7ccccc7c6)c5)c4c3)c3ccccc3-c3ccccc3)cc2)cc1. The molecule has 11 aromatic rings. The number of hydrogen-bond donors (Lipinski definition) is 0. The van der Waals surface area contributed by atoms with E-state index in [9.17, 15) is 0 Å². The molecule has 282 valence electrons. The second kappa shape index (κ2) is 15.1. The van der Waals surface area contributed by atoms with Gasteiger partial charge in [-0.2, -0.15) is 0 Å². The molecule has 0 atom stereocenters. The van der Waals surface area contributed by atoms with Crippen LogP contribution < -0.4 is 4.90 Å². The van der Waals surface area contributed by atoms with E-state index in [-0.39, 0.29) is 0 Å². The summed E-state index contributed by atoms with van der Waals surface area (Å²) in [6.45, 7) is 0. The first-order valence-corrected chi connectivity index (χ1v) is 20.6.